The van der Waals surface area contributed by atoms with Crippen LogP contribution in [0.25, 0.3) is 0 Å². The molecule has 0 aromatic heterocycles. The fourth-order valence-electron chi connectivity index (χ4n) is 0.534. The number of ketones is 1. The third-order valence-corrected chi connectivity index (χ3v) is 1.42. The number of carbonyl (C=O) groups excluding carboxylic acids is 1. The number of nitrogens with two attached hydrogens (primary N) is 1. The number of carboxylic acids is 1. The molecule has 0 saturated carbocycles. The Hall–Kier alpha value is -1.36. The number of carbonyl (C=O) groups is 2. The molecule has 0 aromatic rings. The highest BCUT2D eigenvalue weighted by molar-refractivity contribution is 5.90. The fraction of sp³-hybridized carbons (Fsp3) is 0.600. The smallest absolute Gasteiger partial charge is 0.320 e. The Morgan fingerprint density at radius 2 is 1.93 bits per heavy atom. The summed E-state index contributed by atoms with van der Waals surface area (Å²) in [5, 5.41) is 8.39. The van der Waals surface area contributed by atoms with Crippen LogP contribution in [0.3, 0.4) is 0 Å². The highest BCUT2D eigenvalue weighted by atomic mass is 16.5. The minimum absolute atomic E-state index is 0.0255. The molecule has 5 heteroatoms. The first-order valence-corrected chi connectivity index (χ1v) is 4.76. The Bertz CT molecular complexity index is 225. The van der Waals surface area contributed by atoms with Crippen molar-refractivity contribution in [2.24, 2.45) is 5.73 Å². The van der Waals surface area contributed by atoms with Gasteiger partial charge in [0.1, 0.15) is 6.04 Å². The average Bonchev–Trinajstić information content (AvgIpc) is 2.20. The normalized spacial score (nSPS) is 10.7. The Kier molecular flexibility index (Phi) is 9.87. The summed E-state index contributed by atoms with van der Waals surface area (Å²) in [5.74, 6) is -1.33. The van der Waals surface area contributed by atoms with Crippen LogP contribution in [-0.4, -0.2) is 29.5 Å². The summed E-state index contributed by atoms with van der Waals surface area (Å²) in [7, 11) is 0. The Balaban J connectivity index is 0. The van der Waals surface area contributed by atoms with Gasteiger partial charge >= 0.3 is 5.97 Å². The Morgan fingerprint density at radius 1 is 1.47 bits per heavy atom. The van der Waals surface area contributed by atoms with E-state index in [2.05, 4.69) is 6.58 Å². The third-order valence-electron chi connectivity index (χ3n) is 1.42. The van der Waals surface area contributed by atoms with Gasteiger partial charge in [0.25, 0.3) is 0 Å². The molecule has 0 amide bonds. The van der Waals surface area contributed by atoms with E-state index in [4.69, 9.17) is 15.6 Å². The predicted octanol–water partition coefficient (Wildman–Crippen LogP) is 0.934. The molecule has 0 spiro atoms. The fourth-order valence-corrected chi connectivity index (χ4v) is 0.534. The first kappa shape index (κ1) is 16.1. The summed E-state index contributed by atoms with van der Waals surface area (Å²) in [6.07, 6.45) is 0.154. The molecule has 0 saturated heterocycles. The van der Waals surface area contributed by atoms with Gasteiger partial charge in [0.05, 0.1) is 6.61 Å². The molecule has 1 unspecified atom stereocenters. The van der Waals surface area contributed by atoms with Gasteiger partial charge in [0.15, 0.2) is 11.5 Å². The van der Waals surface area contributed by atoms with E-state index < -0.39 is 12.0 Å². The first-order chi connectivity index (χ1) is 6.95. The zero-order valence-electron chi connectivity index (χ0n) is 9.45. The summed E-state index contributed by atoms with van der Waals surface area (Å²) in [6, 6.07) is -0.959. The summed E-state index contributed by atoms with van der Waals surface area (Å²) in [4.78, 5) is 20.8. The van der Waals surface area contributed by atoms with Gasteiger partial charge in [-0.15, -0.1) is 0 Å². The van der Waals surface area contributed by atoms with E-state index in [1.807, 2.05) is 13.8 Å². The maximum absolute atomic E-state index is 10.6. The van der Waals surface area contributed by atoms with Crippen molar-refractivity contribution >= 4 is 11.8 Å². The molecular weight excluding hydrogens is 198 g/mol. The van der Waals surface area contributed by atoms with Crippen LogP contribution in [0, 0.1) is 0 Å². The van der Waals surface area contributed by atoms with E-state index in [0.29, 0.717) is 0 Å². The van der Waals surface area contributed by atoms with Crippen LogP contribution in [0.5, 0.6) is 0 Å². The molecule has 0 fully saturated rings. The van der Waals surface area contributed by atoms with Crippen LogP contribution in [0.15, 0.2) is 12.3 Å². The first-order valence-electron chi connectivity index (χ1n) is 4.76. The number of Topliss-reactive ketones (excluding diaryl/α,β-unsaturated/α-hetero) is 1. The lowest BCUT2D eigenvalue weighted by Crippen LogP contribution is -2.31. The van der Waals surface area contributed by atoms with Crippen LogP contribution in [0.4, 0.5) is 0 Å². The number of carboxylic acid groups (broad SMARTS) is 1. The Morgan fingerprint density at radius 3 is 2.27 bits per heavy atom. The zero-order valence-corrected chi connectivity index (χ0v) is 9.45. The highest BCUT2D eigenvalue weighted by Gasteiger charge is 2.11. The molecule has 3 N–H and O–H groups in total. The summed E-state index contributed by atoms with van der Waals surface area (Å²) < 4.78 is 4.84. The quantitative estimate of drug-likeness (QED) is 0.510. The summed E-state index contributed by atoms with van der Waals surface area (Å²) >= 11 is 0. The molecule has 0 aliphatic heterocycles. The molecule has 0 heterocycles. The molecule has 0 rings (SSSR count). The van der Waals surface area contributed by atoms with E-state index in [0.717, 1.165) is 0 Å². The maximum atomic E-state index is 10.6. The van der Waals surface area contributed by atoms with Gasteiger partial charge in [-0.05, 0) is 0 Å². The molecule has 0 aliphatic rings. The van der Waals surface area contributed by atoms with Crippen LogP contribution < -0.4 is 5.73 Å². The number of hydrogen-bond acceptors (Lipinski definition) is 4. The maximum Gasteiger partial charge on any atom is 0.320 e. The second-order valence-corrected chi connectivity index (χ2v) is 2.56. The van der Waals surface area contributed by atoms with Gasteiger partial charge in [0.2, 0.25) is 0 Å². The molecule has 5 nitrogen and oxygen atoms in total. The van der Waals surface area contributed by atoms with E-state index in [1.165, 1.54) is 6.92 Å². The number of rotatable bonds is 6. The minimum Gasteiger partial charge on any atom is -0.490 e. The van der Waals surface area contributed by atoms with Gasteiger partial charge in [-0.1, -0.05) is 20.4 Å². The standard InChI is InChI=1S/C8H13NO4.C2H6/c1-5(10)6(2)13-4-3-7(9)8(11)12;1-2/h7H,2-4,9H2,1H3,(H,11,12);1-2H3. The number of hydrogen-bond donors (Lipinski definition) is 2. The van der Waals surface area contributed by atoms with E-state index in [9.17, 15) is 9.59 Å². The van der Waals surface area contributed by atoms with Gasteiger partial charge in [-0.25, -0.2) is 0 Å². The summed E-state index contributed by atoms with van der Waals surface area (Å²) in [5.41, 5.74) is 5.18. The van der Waals surface area contributed by atoms with Crippen LogP contribution in [0.1, 0.15) is 27.2 Å². The van der Waals surface area contributed by atoms with Crippen molar-refractivity contribution in [3.05, 3.63) is 12.3 Å². The molecular formula is C10H19NO4. The van der Waals surface area contributed by atoms with Crippen molar-refractivity contribution in [2.45, 2.75) is 33.2 Å². The van der Waals surface area contributed by atoms with Crippen LogP contribution in [0.2, 0.25) is 0 Å². The van der Waals surface area contributed by atoms with Gasteiger partial charge < -0.3 is 15.6 Å². The van der Waals surface area contributed by atoms with Crippen LogP contribution in [-0.2, 0) is 14.3 Å². The number of ether oxygens (including phenoxy) is 1. The third kappa shape index (κ3) is 8.96. The SMILES string of the molecule is C=C(OCCC(N)C(=O)O)C(C)=O.CC. The number of allylic oxidation sites excluding steroid dienone is 1. The summed E-state index contributed by atoms with van der Waals surface area (Å²) in [6.45, 7) is 8.74. The van der Waals surface area contributed by atoms with Gasteiger partial charge in [-0.2, -0.15) is 0 Å². The monoisotopic (exact) mass is 217 g/mol. The molecule has 15 heavy (non-hydrogen) atoms. The lowest BCUT2D eigenvalue weighted by Gasteiger charge is -2.08. The largest absolute Gasteiger partial charge is 0.490 e. The zero-order chi connectivity index (χ0) is 12.4. The minimum atomic E-state index is -1.09. The Labute approximate surface area is 89.9 Å². The predicted molar refractivity (Wildman–Crippen MR) is 57.3 cm³/mol. The molecule has 0 bridgehead atoms. The molecule has 0 aromatic carbocycles. The molecule has 0 radical (unpaired) electrons. The number of aliphatic carboxylic acids is 1. The highest BCUT2D eigenvalue weighted by Crippen LogP contribution is 1.97. The van der Waals surface area contributed by atoms with E-state index in [-0.39, 0.29) is 24.6 Å². The lowest BCUT2D eigenvalue weighted by molar-refractivity contribution is -0.138. The second kappa shape index (κ2) is 9.21. The van der Waals surface area contributed by atoms with Gasteiger partial charge in [0, 0.05) is 13.3 Å². The lowest BCUT2D eigenvalue weighted by atomic mass is 10.2. The molecule has 88 valence electrons. The topological polar surface area (TPSA) is 89.6 Å². The van der Waals surface area contributed by atoms with Crippen molar-refractivity contribution in [1.82, 2.24) is 0 Å². The molecule has 0 aliphatic carbocycles. The van der Waals surface area contributed by atoms with Crippen LogP contribution >= 0.6 is 0 Å². The van der Waals surface area contributed by atoms with Crippen molar-refractivity contribution in [2.75, 3.05) is 6.61 Å². The molecule has 1 atom stereocenters. The van der Waals surface area contributed by atoms with E-state index in [1.54, 1.807) is 0 Å². The average molecular weight is 217 g/mol. The second-order valence-electron chi connectivity index (χ2n) is 2.56. The van der Waals surface area contributed by atoms with Gasteiger partial charge in [-0.3, -0.25) is 9.59 Å². The van der Waals surface area contributed by atoms with Crippen molar-refractivity contribution < 1.29 is 19.4 Å². The van der Waals surface area contributed by atoms with Crippen molar-refractivity contribution in [1.29, 1.82) is 0 Å². The van der Waals surface area contributed by atoms with E-state index >= 15 is 0 Å². The van der Waals surface area contributed by atoms with Crippen molar-refractivity contribution in [3.8, 4) is 0 Å². The van der Waals surface area contributed by atoms with Crippen molar-refractivity contribution in [3.63, 3.8) is 0 Å².